The number of aliphatic hydroxyl groups is 1. The van der Waals surface area contributed by atoms with Gasteiger partial charge >= 0.3 is 0 Å². The van der Waals surface area contributed by atoms with Gasteiger partial charge in [0.15, 0.2) is 17.4 Å². The Kier molecular flexibility index (Phi) is 3.71. The highest BCUT2D eigenvalue weighted by atomic mass is 19.1. The van der Waals surface area contributed by atoms with E-state index in [0.29, 0.717) is 12.5 Å². The fourth-order valence-corrected chi connectivity index (χ4v) is 1.71. The topological polar surface area (TPSA) is 38.7 Å². The molecule has 1 aromatic carbocycles. The first kappa shape index (κ1) is 13.1. The highest BCUT2D eigenvalue weighted by molar-refractivity contribution is 5.46. The third-order valence-electron chi connectivity index (χ3n) is 2.97. The van der Waals surface area contributed by atoms with Crippen molar-refractivity contribution in [3.05, 3.63) is 23.3 Å². The van der Waals surface area contributed by atoms with Crippen LogP contribution < -0.4 is 9.47 Å². The Morgan fingerprint density at radius 3 is 2.56 bits per heavy atom. The molecule has 1 fully saturated rings. The van der Waals surface area contributed by atoms with Gasteiger partial charge in [0, 0.05) is 5.56 Å². The number of aliphatic hydroxyl groups excluding tert-OH is 1. The van der Waals surface area contributed by atoms with Crippen LogP contribution in [0.3, 0.4) is 0 Å². The number of benzene rings is 1. The van der Waals surface area contributed by atoms with Crippen molar-refractivity contribution < 1.29 is 23.4 Å². The van der Waals surface area contributed by atoms with Crippen molar-refractivity contribution in [3.8, 4) is 11.5 Å². The van der Waals surface area contributed by atoms with Gasteiger partial charge in [0.25, 0.3) is 0 Å². The molecule has 0 aromatic heterocycles. The monoisotopic (exact) mass is 258 g/mol. The quantitative estimate of drug-likeness (QED) is 0.882. The van der Waals surface area contributed by atoms with Gasteiger partial charge in [0.1, 0.15) is 0 Å². The van der Waals surface area contributed by atoms with E-state index in [1.54, 1.807) is 0 Å². The molecule has 5 heteroatoms. The number of ether oxygens (including phenoxy) is 2. The average Bonchev–Trinajstić information content (AvgIpc) is 3.13. The highest BCUT2D eigenvalue weighted by Crippen LogP contribution is 2.39. The van der Waals surface area contributed by atoms with Crippen molar-refractivity contribution in [1.29, 1.82) is 0 Å². The molecule has 1 saturated carbocycles. The molecule has 0 amide bonds. The van der Waals surface area contributed by atoms with E-state index < -0.39 is 17.7 Å². The first-order valence-electron chi connectivity index (χ1n) is 5.91. The van der Waals surface area contributed by atoms with E-state index in [1.807, 2.05) is 0 Å². The van der Waals surface area contributed by atoms with Gasteiger partial charge in [-0.2, -0.15) is 0 Å². The number of hydrogen-bond donors (Lipinski definition) is 1. The maximum atomic E-state index is 14.1. The molecule has 0 saturated heterocycles. The van der Waals surface area contributed by atoms with Crippen LogP contribution in [-0.2, 0) is 0 Å². The summed E-state index contributed by atoms with van der Waals surface area (Å²) in [4.78, 5) is 0. The predicted molar refractivity (Wildman–Crippen MR) is 61.8 cm³/mol. The third-order valence-corrected chi connectivity index (χ3v) is 2.97. The molecule has 1 aliphatic carbocycles. The summed E-state index contributed by atoms with van der Waals surface area (Å²) >= 11 is 0. The minimum absolute atomic E-state index is 0.126. The summed E-state index contributed by atoms with van der Waals surface area (Å²) in [6, 6.07) is 0.933. The lowest BCUT2D eigenvalue weighted by Gasteiger charge is -2.16. The van der Waals surface area contributed by atoms with Crippen LogP contribution in [0.15, 0.2) is 6.07 Å². The molecule has 1 N–H and O–H groups in total. The first-order chi connectivity index (χ1) is 8.54. The molecule has 18 heavy (non-hydrogen) atoms. The lowest BCUT2D eigenvalue weighted by Crippen LogP contribution is -2.07. The number of rotatable bonds is 5. The number of methoxy groups -OCH3 is 1. The van der Waals surface area contributed by atoms with Crippen molar-refractivity contribution in [3.63, 3.8) is 0 Å². The van der Waals surface area contributed by atoms with Crippen LogP contribution in [0.5, 0.6) is 11.5 Å². The average molecular weight is 258 g/mol. The largest absolute Gasteiger partial charge is 0.490 e. The SMILES string of the molecule is COc1c(F)cc(C(C)O)c(F)c1OCC1CC1. The second-order valence-corrected chi connectivity index (χ2v) is 4.55. The Balaban J connectivity index is 2.37. The van der Waals surface area contributed by atoms with Crippen molar-refractivity contribution in [2.45, 2.75) is 25.9 Å². The molecule has 0 radical (unpaired) electrons. The van der Waals surface area contributed by atoms with Gasteiger partial charge in [-0.15, -0.1) is 0 Å². The maximum Gasteiger partial charge on any atom is 0.200 e. The smallest absolute Gasteiger partial charge is 0.200 e. The Hall–Kier alpha value is -1.36. The van der Waals surface area contributed by atoms with Gasteiger partial charge < -0.3 is 14.6 Å². The first-order valence-corrected chi connectivity index (χ1v) is 5.91. The minimum Gasteiger partial charge on any atom is -0.490 e. The molecule has 0 spiro atoms. The predicted octanol–water partition coefficient (Wildman–Crippen LogP) is 2.82. The Morgan fingerprint density at radius 2 is 2.06 bits per heavy atom. The summed E-state index contributed by atoms with van der Waals surface area (Å²) in [5, 5.41) is 9.40. The zero-order valence-corrected chi connectivity index (χ0v) is 10.4. The lowest BCUT2D eigenvalue weighted by molar-refractivity contribution is 0.189. The van der Waals surface area contributed by atoms with Gasteiger partial charge in [0.2, 0.25) is 5.75 Å². The molecule has 0 bridgehead atoms. The van der Waals surface area contributed by atoms with Crippen molar-refractivity contribution in [2.75, 3.05) is 13.7 Å². The Labute approximate surface area is 104 Å². The van der Waals surface area contributed by atoms with Crippen molar-refractivity contribution in [2.24, 2.45) is 5.92 Å². The molecule has 2 rings (SSSR count). The van der Waals surface area contributed by atoms with Crippen LogP contribution in [0.25, 0.3) is 0 Å². The Bertz CT molecular complexity index is 442. The molecule has 1 aliphatic rings. The molecule has 1 unspecified atom stereocenters. The Morgan fingerprint density at radius 1 is 1.39 bits per heavy atom. The molecule has 100 valence electrons. The van der Waals surface area contributed by atoms with Crippen LogP contribution in [0, 0.1) is 17.6 Å². The summed E-state index contributed by atoms with van der Waals surface area (Å²) in [7, 11) is 1.25. The van der Waals surface area contributed by atoms with E-state index >= 15 is 0 Å². The van der Waals surface area contributed by atoms with Crippen LogP contribution in [0.4, 0.5) is 8.78 Å². The molecule has 0 heterocycles. The second kappa shape index (κ2) is 5.10. The highest BCUT2D eigenvalue weighted by Gasteiger charge is 2.27. The van der Waals surface area contributed by atoms with Crippen LogP contribution in [0.1, 0.15) is 31.4 Å². The minimum atomic E-state index is -1.10. The van der Waals surface area contributed by atoms with Gasteiger partial charge in [-0.05, 0) is 31.7 Å². The third kappa shape index (κ3) is 2.56. The molecular formula is C13H16F2O3. The van der Waals surface area contributed by atoms with E-state index in [0.717, 1.165) is 18.9 Å². The van der Waals surface area contributed by atoms with Crippen molar-refractivity contribution >= 4 is 0 Å². The van der Waals surface area contributed by atoms with E-state index in [-0.39, 0.29) is 17.1 Å². The summed E-state index contributed by atoms with van der Waals surface area (Å²) in [5.41, 5.74) is -0.126. The summed E-state index contributed by atoms with van der Waals surface area (Å²) in [6.07, 6.45) is 0.985. The zero-order chi connectivity index (χ0) is 13.3. The summed E-state index contributed by atoms with van der Waals surface area (Å²) < 4.78 is 37.9. The van der Waals surface area contributed by atoms with E-state index in [1.165, 1.54) is 14.0 Å². The fraction of sp³-hybridized carbons (Fsp3) is 0.538. The molecule has 3 nitrogen and oxygen atoms in total. The molecule has 1 aromatic rings. The molecular weight excluding hydrogens is 242 g/mol. The summed E-state index contributed by atoms with van der Waals surface area (Å²) in [6.45, 7) is 1.71. The van der Waals surface area contributed by atoms with Crippen LogP contribution in [0.2, 0.25) is 0 Å². The van der Waals surface area contributed by atoms with Gasteiger partial charge in [-0.3, -0.25) is 0 Å². The second-order valence-electron chi connectivity index (χ2n) is 4.55. The fourth-order valence-electron chi connectivity index (χ4n) is 1.71. The van der Waals surface area contributed by atoms with Gasteiger partial charge in [-0.25, -0.2) is 8.78 Å². The molecule has 0 aliphatic heterocycles. The lowest BCUT2D eigenvalue weighted by atomic mass is 10.1. The van der Waals surface area contributed by atoms with Crippen molar-refractivity contribution in [1.82, 2.24) is 0 Å². The molecule has 1 atom stereocenters. The van der Waals surface area contributed by atoms with Crippen LogP contribution in [-0.4, -0.2) is 18.8 Å². The van der Waals surface area contributed by atoms with Gasteiger partial charge in [0.05, 0.1) is 19.8 Å². The number of hydrogen-bond acceptors (Lipinski definition) is 3. The zero-order valence-electron chi connectivity index (χ0n) is 10.4. The normalized spacial score (nSPS) is 16.5. The number of halogens is 2. The van der Waals surface area contributed by atoms with E-state index in [9.17, 15) is 13.9 Å². The van der Waals surface area contributed by atoms with E-state index in [4.69, 9.17) is 9.47 Å². The van der Waals surface area contributed by atoms with Gasteiger partial charge in [-0.1, -0.05) is 0 Å². The maximum absolute atomic E-state index is 14.1. The van der Waals surface area contributed by atoms with Crippen LogP contribution >= 0.6 is 0 Å². The standard InChI is InChI=1S/C13H16F2O3/c1-7(16)9-5-10(14)12(17-2)13(11(9)15)18-6-8-3-4-8/h5,7-8,16H,3-4,6H2,1-2H3. The van der Waals surface area contributed by atoms with E-state index in [2.05, 4.69) is 0 Å². The summed E-state index contributed by atoms with van der Waals surface area (Å²) in [5.74, 6) is -1.59.